The number of hydrogen-bond donors (Lipinski definition) is 2. The number of pyridine rings is 1. The normalized spacial score (nSPS) is 17.5. The van der Waals surface area contributed by atoms with E-state index in [0.717, 1.165) is 41.8 Å². The van der Waals surface area contributed by atoms with Crippen LogP contribution < -0.4 is 10.4 Å². The van der Waals surface area contributed by atoms with Gasteiger partial charge in [-0.3, -0.25) is 10.0 Å². The summed E-state index contributed by atoms with van der Waals surface area (Å²) in [5.74, 6) is 0.162. The van der Waals surface area contributed by atoms with Crippen molar-refractivity contribution in [2.24, 2.45) is 5.92 Å². The zero-order valence-electron chi connectivity index (χ0n) is 14.0. The first-order valence-electron chi connectivity index (χ1n) is 8.43. The minimum absolute atomic E-state index is 0.262. The molecule has 1 fully saturated rings. The molecule has 1 aliphatic rings. The average molecular weight is 372 g/mol. The third kappa shape index (κ3) is 3.11. The Hall–Kier alpha value is -2.64. The smallest absolute Gasteiger partial charge is 0.248 e. The van der Waals surface area contributed by atoms with Crippen LogP contribution in [0.1, 0.15) is 12.8 Å². The molecule has 0 saturated carbocycles. The zero-order valence-corrected chi connectivity index (χ0v) is 14.7. The Balaban J connectivity index is 1.79. The molecule has 1 aliphatic heterocycles. The Bertz CT molecular complexity index is 944. The molecule has 2 aromatic heterocycles. The van der Waals surface area contributed by atoms with Crippen LogP contribution in [0.5, 0.6) is 0 Å². The van der Waals surface area contributed by atoms with Crippen LogP contribution in [-0.4, -0.2) is 38.7 Å². The van der Waals surface area contributed by atoms with E-state index in [-0.39, 0.29) is 11.8 Å². The fourth-order valence-corrected chi connectivity index (χ4v) is 3.60. The summed E-state index contributed by atoms with van der Waals surface area (Å²) in [6.07, 6.45) is 6.95. The molecule has 134 valence electrons. The maximum Gasteiger partial charge on any atom is 0.248 e. The van der Waals surface area contributed by atoms with Gasteiger partial charge in [0.25, 0.3) is 0 Å². The number of nitrogens with one attached hydrogen (secondary N) is 1. The Morgan fingerprint density at radius 2 is 2.23 bits per heavy atom. The molecule has 0 bridgehead atoms. The number of hydrogen-bond acceptors (Lipinski definition) is 5. The second-order valence-electron chi connectivity index (χ2n) is 6.39. The molecular weight excluding hydrogens is 354 g/mol. The van der Waals surface area contributed by atoms with Crippen LogP contribution in [0.15, 0.2) is 43.0 Å². The number of amides is 1. The first-order chi connectivity index (χ1) is 12.7. The second-order valence-corrected chi connectivity index (χ2v) is 6.83. The van der Waals surface area contributed by atoms with E-state index < -0.39 is 0 Å². The lowest BCUT2D eigenvalue weighted by atomic mass is 9.97. The van der Waals surface area contributed by atoms with E-state index in [0.29, 0.717) is 11.6 Å². The molecule has 26 heavy (non-hydrogen) atoms. The van der Waals surface area contributed by atoms with Crippen LogP contribution in [0.25, 0.3) is 16.6 Å². The molecule has 1 saturated heterocycles. The number of anilines is 1. The van der Waals surface area contributed by atoms with Gasteiger partial charge in [-0.15, -0.1) is 0 Å². The summed E-state index contributed by atoms with van der Waals surface area (Å²) < 4.78 is 1.93. The molecule has 3 aromatic rings. The molecular formula is C18H18ClN5O2. The maximum atomic E-state index is 11.8. The fourth-order valence-electron chi connectivity index (χ4n) is 3.44. The molecule has 1 amide bonds. The van der Waals surface area contributed by atoms with E-state index in [1.54, 1.807) is 18.0 Å². The van der Waals surface area contributed by atoms with Crippen LogP contribution in [0.4, 0.5) is 5.82 Å². The van der Waals surface area contributed by atoms with Gasteiger partial charge in [0.2, 0.25) is 5.91 Å². The van der Waals surface area contributed by atoms with Crippen LogP contribution in [0, 0.1) is 5.92 Å². The summed E-state index contributed by atoms with van der Waals surface area (Å²) in [5, 5.41) is 10.5. The molecule has 1 aromatic carbocycles. The molecule has 0 aliphatic carbocycles. The second kappa shape index (κ2) is 6.93. The van der Waals surface area contributed by atoms with Crippen molar-refractivity contribution in [3.05, 3.63) is 48.0 Å². The molecule has 7 nitrogen and oxygen atoms in total. The number of fused-ring (bicyclic) bond motifs is 1. The van der Waals surface area contributed by atoms with Crippen molar-refractivity contribution in [2.45, 2.75) is 12.8 Å². The molecule has 2 N–H and O–H groups in total. The van der Waals surface area contributed by atoms with Gasteiger partial charge >= 0.3 is 0 Å². The van der Waals surface area contributed by atoms with E-state index in [1.807, 2.05) is 35.0 Å². The van der Waals surface area contributed by atoms with Crippen molar-refractivity contribution in [1.29, 1.82) is 0 Å². The number of halogens is 1. The van der Waals surface area contributed by atoms with Crippen molar-refractivity contribution in [2.75, 3.05) is 18.0 Å². The van der Waals surface area contributed by atoms with E-state index >= 15 is 0 Å². The van der Waals surface area contributed by atoms with E-state index in [1.165, 1.54) is 0 Å². The minimum Gasteiger partial charge on any atom is -0.356 e. The molecule has 0 radical (unpaired) electrons. The topological polar surface area (TPSA) is 83.3 Å². The van der Waals surface area contributed by atoms with Gasteiger partial charge in [0.15, 0.2) is 0 Å². The maximum absolute atomic E-state index is 11.8. The zero-order chi connectivity index (χ0) is 18.1. The highest BCUT2D eigenvalue weighted by Crippen LogP contribution is 2.30. The van der Waals surface area contributed by atoms with Crippen LogP contribution in [0.2, 0.25) is 5.02 Å². The molecule has 4 rings (SSSR count). The number of nitrogens with zero attached hydrogens (tertiary/aromatic N) is 4. The van der Waals surface area contributed by atoms with Crippen LogP contribution in [0.3, 0.4) is 0 Å². The first-order valence-corrected chi connectivity index (χ1v) is 8.81. The Morgan fingerprint density at radius 1 is 1.35 bits per heavy atom. The average Bonchev–Trinajstić information content (AvgIpc) is 3.21. The van der Waals surface area contributed by atoms with Gasteiger partial charge in [-0.05, 0) is 31.0 Å². The number of piperidine rings is 1. The van der Waals surface area contributed by atoms with Gasteiger partial charge in [-0.25, -0.2) is 15.4 Å². The molecule has 0 spiro atoms. The summed E-state index contributed by atoms with van der Waals surface area (Å²) in [6.45, 7) is 1.31. The third-order valence-corrected chi connectivity index (χ3v) is 4.98. The van der Waals surface area contributed by atoms with Gasteiger partial charge in [0.05, 0.1) is 23.4 Å². The van der Waals surface area contributed by atoms with E-state index in [4.69, 9.17) is 21.8 Å². The largest absolute Gasteiger partial charge is 0.356 e. The number of benzene rings is 1. The lowest BCUT2D eigenvalue weighted by Gasteiger charge is -2.32. The van der Waals surface area contributed by atoms with Crippen molar-refractivity contribution < 1.29 is 10.0 Å². The van der Waals surface area contributed by atoms with E-state index in [2.05, 4.69) is 9.88 Å². The van der Waals surface area contributed by atoms with Crippen molar-refractivity contribution in [1.82, 2.24) is 20.0 Å². The number of carbonyl (C=O) groups is 1. The third-order valence-electron chi connectivity index (χ3n) is 4.75. The fraction of sp³-hybridized carbons (Fsp3) is 0.278. The predicted molar refractivity (Wildman–Crippen MR) is 98.7 cm³/mol. The minimum atomic E-state index is -0.353. The summed E-state index contributed by atoms with van der Waals surface area (Å²) in [4.78, 5) is 22.8. The number of aromatic nitrogens is 3. The number of carbonyl (C=O) groups excluding carboxylic acids is 1. The quantitative estimate of drug-likeness (QED) is 0.546. The van der Waals surface area contributed by atoms with Crippen LogP contribution >= 0.6 is 11.6 Å². The Morgan fingerprint density at radius 3 is 3.00 bits per heavy atom. The lowest BCUT2D eigenvalue weighted by molar-refractivity contribution is -0.133. The molecule has 3 heterocycles. The number of rotatable bonds is 3. The molecule has 0 unspecified atom stereocenters. The number of imidazole rings is 1. The SMILES string of the molecule is O=C(NO)[C@@H]1CCCN(c2cc(-n3ccnc3)c3ccc(Cl)cc3n2)C1. The van der Waals surface area contributed by atoms with E-state index in [9.17, 15) is 4.79 Å². The van der Waals surface area contributed by atoms with Gasteiger partial charge < -0.3 is 9.47 Å². The van der Waals surface area contributed by atoms with Crippen LogP contribution in [-0.2, 0) is 4.79 Å². The highest BCUT2D eigenvalue weighted by molar-refractivity contribution is 6.31. The highest BCUT2D eigenvalue weighted by atomic mass is 35.5. The highest BCUT2D eigenvalue weighted by Gasteiger charge is 2.27. The van der Waals surface area contributed by atoms with Gasteiger partial charge in [0.1, 0.15) is 5.82 Å². The Kier molecular flexibility index (Phi) is 4.48. The summed E-state index contributed by atoms with van der Waals surface area (Å²) in [6, 6.07) is 7.62. The predicted octanol–water partition coefficient (Wildman–Crippen LogP) is 2.80. The molecule has 1 atom stereocenters. The van der Waals surface area contributed by atoms with Crippen molar-refractivity contribution in [3.8, 4) is 5.69 Å². The first kappa shape index (κ1) is 16.8. The van der Waals surface area contributed by atoms with Gasteiger partial charge in [-0.1, -0.05) is 11.6 Å². The Labute approximate surface area is 155 Å². The summed E-state index contributed by atoms with van der Waals surface area (Å²) in [7, 11) is 0. The summed E-state index contributed by atoms with van der Waals surface area (Å²) >= 11 is 6.16. The lowest BCUT2D eigenvalue weighted by Crippen LogP contribution is -2.42. The standard InChI is InChI=1S/C18H18ClN5O2/c19-13-3-4-14-15(8-13)21-17(9-16(14)24-7-5-20-11-24)23-6-1-2-12(10-23)18(25)22-26/h3-5,7-9,11-12,26H,1-2,6,10H2,(H,22,25)/t12-/m1/s1. The molecule has 8 heteroatoms. The van der Waals surface area contributed by atoms with Gasteiger partial charge in [-0.2, -0.15) is 0 Å². The monoisotopic (exact) mass is 371 g/mol. The summed E-state index contributed by atoms with van der Waals surface area (Å²) in [5.41, 5.74) is 3.50. The number of hydroxylamine groups is 1. The van der Waals surface area contributed by atoms with Crippen molar-refractivity contribution >= 4 is 34.2 Å². The van der Waals surface area contributed by atoms with Gasteiger partial charge in [0, 0.05) is 42.0 Å². The van der Waals surface area contributed by atoms with Crippen molar-refractivity contribution in [3.63, 3.8) is 0 Å².